The molecule has 96 valence electrons. The standard InChI is InChI=1S/C8H11NO7S/c1-5(17(2,13)14)15-8(12)16-9-6(10)3-4-7(9)11/h5H,3-4H2,1-2H3. The van der Waals surface area contributed by atoms with Crippen molar-refractivity contribution in [2.75, 3.05) is 6.26 Å². The molecule has 1 aliphatic rings. The summed E-state index contributed by atoms with van der Waals surface area (Å²) in [6.07, 6.45) is -0.634. The molecule has 0 aromatic carbocycles. The Balaban J connectivity index is 2.56. The minimum Gasteiger partial charge on any atom is -0.413 e. The molecule has 0 spiro atoms. The molecule has 0 aliphatic carbocycles. The van der Waals surface area contributed by atoms with Gasteiger partial charge < -0.3 is 4.74 Å². The topological polar surface area (TPSA) is 107 Å². The highest BCUT2D eigenvalue weighted by Crippen LogP contribution is 2.13. The molecule has 1 saturated heterocycles. The van der Waals surface area contributed by atoms with E-state index in [1.54, 1.807) is 0 Å². The van der Waals surface area contributed by atoms with Gasteiger partial charge in [-0.15, -0.1) is 0 Å². The van der Waals surface area contributed by atoms with Crippen molar-refractivity contribution in [3.8, 4) is 0 Å². The third-order valence-corrected chi connectivity index (χ3v) is 3.34. The fourth-order valence-corrected chi connectivity index (χ4v) is 1.23. The summed E-state index contributed by atoms with van der Waals surface area (Å²) in [4.78, 5) is 37.5. The molecule has 0 bridgehead atoms. The van der Waals surface area contributed by atoms with Gasteiger partial charge in [0.05, 0.1) is 0 Å². The largest absolute Gasteiger partial charge is 0.535 e. The number of rotatable bonds is 3. The second-order valence-corrected chi connectivity index (χ2v) is 5.76. The SMILES string of the molecule is CC(OC(=O)ON1C(=O)CCC1=O)S(C)(=O)=O. The number of sulfone groups is 1. The van der Waals surface area contributed by atoms with Crippen molar-refractivity contribution in [3.63, 3.8) is 0 Å². The van der Waals surface area contributed by atoms with Gasteiger partial charge in [-0.2, -0.15) is 0 Å². The van der Waals surface area contributed by atoms with Gasteiger partial charge in [-0.3, -0.25) is 14.4 Å². The number of amides is 2. The van der Waals surface area contributed by atoms with Crippen LogP contribution in [0.4, 0.5) is 4.79 Å². The maximum atomic E-state index is 11.1. The molecular weight excluding hydrogens is 254 g/mol. The number of carbonyl (C=O) groups is 3. The van der Waals surface area contributed by atoms with Crippen molar-refractivity contribution in [2.24, 2.45) is 0 Å². The van der Waals surface area contributed by atoms with Gasteiger partial charge in [0.2, 0.25) is 5.44 Å². The van der Waals surface area contributed by atoms with E-state index in [9.17, 15) is 22.8 Å². The first-order valence-corrected chi connectivity index (χ1v) is 6.60. The van der Waals surface area contributed by atoms with E-state index < -0.39 is 33.2 Å². The van der Waals surface area contributed by atoms with Crippen molar-refractivity contribution in [3.05, 3.63) is 0 Å². The van der Waals surface area contributed by atoms with Gasteiger partial charge in [0.25, 0.3) is 11.8 Å². The number of nitrogens with zero attached hydrogens (tertiary/aromatic N) is 1. The fourth-order valence-electron chi connectivity index (χ4n) is 0.977. The van der Waals surface area contributed by atoms with Crippen LogP contribution >= 0.6 is 0 Å². The van der Waals surface area contributed by atoms with Crippen LogP contribution < -0.4 is 0 Å². The number of ether oxygens (including phenoxy) is 1. The lowest BCUT2D eigenvalue weighted by Crippen LogP contribution is -2.34. The molecule has 0 radical (unpaired) electrons. The summed E-state index contributed by atoms with van der Waals surface area (Å²) in [5.74, 6) is -1.34. The third-order valence-electron chi connectivity index (χ3n) is 2.04. The summed E-state index contributed by atoms with van der Waals surface area (Å²) in [6, 6.07) is 0. The van der Waals surface area contributed by atoms with Gasteiger partial charge in [0.15, 0.2) is 9.84 Å². The maximum absolute atomic E-state index is 11.1. The van der Waals surface area contributed by atoms with Crippen LogP contribution in [0.2, 0.25) is 0 Å². The monoisotopic (exact) mass is 265 g/mol. The van der Waals surface area contributed by atoms with E-state index in [2.05, 4.69) is 9.57 Å². The number of hydrogen-bond donors (Lipinski definition) is 0. The Morgan fingerprint density at radius 2 is 1.76 bits per heavy atom. The lowest BCUT2D eigenvalue weighted by molar-refractivity contribution is -0.177. The zero-order chi connectivity index (χ0) is 13.2. The Morgan fingerprint density at radius 3 is 2.18 bits per heavy atom. The van der Waals surface area contributed by atoms with Crippen LogP contribution in [0.1, 0.15) is 19.8 Å². The molecule has 0 saturated carbocycles. The zero-order valence-corrected chi connectivity index (χ0v) is 10.0. The predicted octanol–water partition coefficient (Wildman–Crippen LogP) is -0.406. The second kappa shape index (κ2) is 4.70. The minimum absolute atomic E-state index is 0.0479. The normalized spacial score (nSPS) is 18.1. The van der Waals surface area contributed by atoms with Crippen LogP contribution in [0.25, 0.3) is 0 Å². The lowest BCUT2D eigenvalue weighted by atomic mass is 10.4. The lowest BCUT2D eigenvalue weighted by Gasteiger charge is -2.14. The Kier molecular flexibility index (Phi) is 3.71. The van der Waals surface area contributed by atoms with Gasteiger partial charge in [-0.1, -0.05) is 5.06 Å². The molecule has 0 aromatic rings. The molecule has 1 heterocycles. The van der Waals surface area contributed by atoms with E-state index in [0.717, 1.165) is 13.2 Å². The number of hydrogen-bond acceptors (Lipinski definition) is 7. The number of imide groups is 1. The summed E-state index contributed by atoms with van der Waals surface area (Å²) in [5.41, 5.74) is -1.41. The van der Waals surface area contributed by atoms with Gasteiger partial charge in [-0.25, -0.2) is 13.2 Å². The van der Waals surface area contributed by atoms with Crippen molar-refractivity contribution < 1.29 is 32.4 Å². The number of hydroxylamine groups is 2. The summed E-state index contributed by atoms with van der Waals surface area (Å²) in [5, 5.41) is 0.275. The smallest absolute Gasteiger partial charge is 0.413 e. The molecular formula is C8H11NO7S. The Labute approximate surface area is 97.3 Å². The molecule has 2 amide bonds. The van der Waals surface area contributed by atoms with Gasteiger partial charge in [0.1, 0.15) is 0 Å². The average Bonchev–Trinajstić information content (AvgIpc) is 2.48. The summed E-state index contributed by atoms with van der Waals surface area (Å²) in [7, 11) is -3.57. The first-order chi connectivity index (χ1) is 7.71. The zero-order valence-electron chi connectivity index (χ0n) is 9.20. The highest BCUT2D eigenvalue weighted by atomic mass is 32.2. The Morgan fingerprint density at radius 1 is 1.29 bits per heavy atom. The highest BCUT2D eigenvalue weighted by Gasteiger charge is 2.34. The molecule has 1 aliphatic heterocycles. The van der Waals surface area contributed by atoms with Crippen LogP contribution in [-0.2, 0) is 29.0 Å². The Bertz CT molecular complexity index is 438. The van der Waals surface area contributed by atoms with Crippen molar-refractivity contribution in [1.82, 2.24) is 5.06 Å². The molecule has 17 heavy (non-hydrogen) atoms. The molecule has 8 nitrogen and oxygen atoms in total. The molecule has 1 fully saturated rings. The van der Waals surface area contributed by atoms with E-state index in [1.165, 1.54) is 0 Å². The van der Waals surface area contributed by atoms with Crippen LogP contribution in [0.15, 0.2) is 0 Å². The fraction of sp³-hybridized carbons (Fsp3) is 0.625. The summed E-state index contributed by atoms with van der Waals surface area (Å²) < 4.78 is 26.3. The summed E-state index contributed by atoms with van der Waals surface area (Å²) >= 11 is 0. The summed E-state index contributed by atoms with van der Waals surface area (Å²) in [6.45, 7) is 1.13. The van der Waals surface area contributed by atoms with E-state index >= 15 is 0 Å². The molecule has 0 N–H and O–H groups in total. The van der Waals surface area contributed by atoms with Crippen LogP contribution in [0.3, 0.4) is 0 Å². The van der Waals surface area contributed by atoms with Crippen LogP contribution in [-0.4, -0.2) is 43.1 Å². The highest BCUT2D eigenvalue weighted by molar-refractivity contribution is 7.91. The number of carbonyl (C=O) groups excluding carboxylic acids is 3. The molecule has 1 atom stereocenters. The molecule has 0 aromatic heterocycles. The first kappa shape index (κ1) is 13.4. The quantitative estimate of drug-likeness (QED) is 0.504. The second-order valence-electron chi connectivity index (χ2n) is 3.44. The minimum atomic E-state index is -3.57. The van der Waals surface area contributed by atoms with Crippen molar-refractivity contribution in [2.45, 2.75) is 25.2 Å². The third kappa shape index (κ3) is 3.41. The predicted molar refractivity (Wildman–Crippen MR) is 53.0 cm³/mol. The van der Waals surface area contributed by atoms with Crippen LogP contribution in [0.5, 0.6) is 0 Å². The first-order valence-electron chi connectivity index (χ1n) is 4.65. The Hall–Kier alpha value is -1.64. The molecule has 1 rings (SSSR count). The van der Waals surface area contributed by atoms with Crippen molar-refractivity contribution >= 4 is 27.8 Å². The molecule has 9 heteroatoms. The van der Waals surface area contributed by atoms with E-state index in [4.69, 9.17) is 0 Å². The average molecular weight is 265 g/mol. The maximum Gasteiger partial charge on any atom is 0.535 e. The molecule has 1 unspecified atom stereocenters. The van der Waals surface area contributed by atoms with Gasteiger partial charge >= 0.3 is 6.16 Å². The van der Waals surface area contributed by atoms with E-state index in [1.807, 2.05) is 0 Å². The van der Waals surface area contributed by atoms with Crippen molar-refractivity contribution in [1.29, 1.82) is 0 Å². The van der Waals surface area contributed by atoms with Crippen LogP contribution in [0, 0.1) is 0 Å². The van der Waals surface area contributed by atoms with Gasteiger partial charge in [-0.05, 0) is 6.92 Å². The van der Waals surface area contributed by atoms with E-state index in [0.29, 0.717) is 0 Å². The van der Waals surface area contributed by atoms with E-state index in [-0.39, 0.29) is 17.9 Å². The van der Waals surface area contributed by atoms with Gasteiger partial charge in [0, 0.05) is 19.1 Å².